The molecule has 1 aromatic rings. The fourth-order valence-electron chi connectivity index (χ4n) is 3.05. The molecule has 2 rings (SSSR count). The van der Waals surface area contributed by atoms with E-state index in [9.17, 15) is 19.5 Å². The molecular weight excluding hydrogens is 332 g/mol. The first-order valence-corrected chi connectivity index (χ1v) is 8.38. The molecule has 1 saturated carbocycles. The molecule has 24 heavy (non-hydrogen) atoms. The summed E-state index contributed by atoms with van der Waals surface area (Å²) in [7, 11) is 0. The molecule has 130 valence electrons. The molecule has 2 amide bonds. The molecule has 1 aromatic carbocycles. The van der Waals surface area contributed by atoms with Crippen LogP contribution in [0.3, 0.4) is 0 Å². The smallest absolute Gasteiger partial charge is 0.271 e. The number of aliphatic carboxylic acids is 1. The average molecular weight is 352 g/mol. The van der Waals surface area contributed by atoms with Gasteiger partial charge in [-0.1, -0.05) is 49.4 Å². The van der Waals surface area contributed by atoms with Crippen LogP contribution in [0, 0.1) is 5.41 Å². The van der Waals surface area contributed by atoms with E-state index in [0.717, 1.165) is 25.7 Å². The van der Waals surface area contributed by atoms with Crippen molar-refractivity contribution in [2.24, 2.45) is 5.41 Å². The summed E-state index contributed by atoms with van der Waals surface area (Å²) in [6.45, 7) is 0. The van der Waals surface area contributed by atoms with Crippen molar-refractivity contribution >= 4 is 29.4 Å². The first-order valence-electron chi connectivity index (χ1n) is 8.00. The van der Waals surface area contributed by atoms with E-state index < -0.39 is 23.2 Å². The zero-order valence-corrected chi connectivity index (χ0v) is 14.0. The van der Waals surface area contributed by atoms with Gasteiger partial charge in [0.15, 0.2) is 0 Å². The number of nitrogens with one attached hydrogen (secondary N) is 2. The Morgan fingerprint density at radius 1 is 1.04 bits per heavy atom. The van der Waals surface area contributed by atoms with Crippen molar-refractivity contribution in [3.05, 3.63) is 34.9 Å². The highest BCUT2D eigenvalue weighted by Gasteiger charge is 2.35. The molecule has 0 heterocycles. The lowest BCUT2D eigenvalue weighted by molar-refractivity contribution is -0.320. The van der Waals surface area contributed by atoms with Crippen LogP contribution in [0.5, 0.6) is 0 Å². The maximum atomic E-state index is 12.1. The van der Waals surface area contributed by atoms with E-state index in [4.69, 9.17) is 11.6 Å². The van der Waals surface area contributed by atoms with Gasteiger partial charge in [-0.15, -0.1) is 0 Å². The number of halogens is 1. The van der Waals surface area contributed by atoms with Gasteiger partial charge < -0.3 is 9.90 Å². The minimum Gasteiger partial charge on any atom is -0.550 e. The summed E-state index contributed by atoms with van der Waals surface area (Å²) in [4.78, 5) is 35.7. The molecule has 0 aromatic heterocycles. The second kappa shape index (κ2) is 8.15. The molecule has 0 bridgehead atoms. The largest absolute Gasteiger partial charge is 0.550 e. The van der Waals surface area contributed by atoms with Crippen LogP contribution in [0.25, 0.3) is 0 Å². The molecule has 1 aliphatic rings. The fourth-order valence-corrected chi connectivity index (χ4v) is 3.27. The SMILES string of the molecule is O=C(CC1(C(=O)[O-])CCCCCC1)NNC(=O)c1ccccc1Cl. The van der Waals surface area contributed by atoms with Gasteiger partial charge in [-0.3, -0.25) is 20.4 Å². The number of carboxylic acids is 1. The number of amides is 2. The number of carbonyl (C=O) groups is 3. The van der Waals surface area contributed by atoms with Crippen molar-refractivity contribution in [2.75, 3.05) is 0 Å². The molecule has 6 nitrogen and oxygen atoms in total. The Morgan fingerprint density at radius 2 is 1.67 bits per heavy atom. The normalized spacial score (nSPS) is 16.7. The van der Waals surface area contributed by atoms with Gasteiger partial charge in [0, 0.05) is 17.8 Å². The lowest BCUT2D eigenvalue weighted by Gasteiger charge is -2.33. The Hall–Kier alpha value is -2.08. The van der Waals surface area contributed by atoms with Crippen LogP contribution < -0.4 is 16.0 Å². The molecule has 0 spiro atoms. The van der Waals surface area contributed by atoms with Gasteiger partial charge in [0.1, 0.15) is 0 Å². The molecule has 2 N–H and O–H groups in total. The topological polar surface area (TPSA) is 98.3 Å². The molecular formula is C17H20ClN2O4-. The van der Waals surface area contributed by atoms with E-state index in [1.165, 1.54) is 6.07 Å². The quantitative estimate of drug-likeness (QED) is 0.635. The van der Waals surface area contributed by atoms with Crippen LogP contribution >= 0.6 is 11.6 Å². The number of hydrogen-bond acceptors (Lipinski definition) is 4. The fraction of sp³-hybridized carbons (Fsp3) is 0.471. The lowest BCUT2D eigenvalue weighted by atomic mass is 9.77. The van der Waals surface area contributed by atoms with E-state index in [0.29, 0.717) is 12.8 Å². The van der Waals surface area contributed by atoms with E-state index in [2.05, 4.69) is 10.9 Å². The van der Waals surface area contributed by atoms with Crippen LogP contribution in [0.1, 0.15) is 55.3 Å². The standard InChI is InChI=1S/C17H21ClN2O4/c18-13-8-4-3-7-12(13)15(22)20-19-14(21)11-17(16(23)24)9-5-1-2-6-10-17/h3-4,7-8H,1-2,5-6,9-11H2,(H,19,21)(H,20,22)(H,23,24)/p-1. The monoisotopic (exact) mass is 351 g/mol. The summed E-state index contributed by atoms with van der Waals surface area (Å²) in [5, 5.41) is 11.8. The number of hydrogen-bond donors (Lipinski definition) is 2. The summed E-state index contributed by atoms with van der Waals surface area (Å²) in [6.07, 6.45) is 4.06. The third-order valence-corrected chi connectivity index (χ3v) is 4.76. The van der Waals surface area contributed by atoms with Crippen LogP contribution in [0.4, 0.5) is 0 Å². The van der Waals surface area contributed by atoms with Gasteiger partial charge in [0.05, 0.1) is 10.6 Å². The highest BCUT2D eigenvalue weighted by atomic mass is 35.5. The summed E-state index contributed by atoms with van der Waals surface area (Å²) >= 11 is 5.91. The number of carbonyl (C=O) groups excluding carboxylic acids is 3. The number of carboxylic acid groups (broad SMARTS) is 1. The maximum absolute atomic E-state index is 12.1. The Morgan fingerprint density at radius 3 is 2.25 bits per heavy atom. The van der Waals surface area contributed by atoms with Crippen LogP contribution in [0.15, 0.2) is 24.3 Å². The zero-order valence-electron chi connectivity index (χ0n) is 13.3. The van der Waals surface area contributed by atoms with Crippen molar-refractivity contribution in [1.82, 2.24) is 10.9 Å². The first kappa shape index (κ1) is 18.3. The number of rotatable bonds is 4. The highest BCUT2D eigenvalue weighted by Crippen LogP contribution is 2.37. The van der Waals surface area contributed by atoms with E-state index in [1.807, 2.05) is 0 Å². The molecule has 0 atom stereocenters. The van der Waals surface area contributed by atoms with Crippen LogP contribution in [-0.4, -0.2) is 17.8 Å². The molecule has 0 unspecified atom stereocenters. The maximum Gasteiger partial charge on any atom is 0.271 e. The summed E-state index contributed by atoms with van der Waals surface area (Å²) < 4.78 is 0. The Balaban J connectivity index is 1.95. The Bertz CT molecular complexity index is 625. The van der Waals surface area contributed by atoms with Gasteiger partial charge in [-0.05, 0) is 25.0 Å². The van der Waals surface area contributed by atoms with Crippen LogP contribution in [-0.2, 0) is 9.59 Å². The highest BCUT2D eigenvalue weighted by molar-refractivity contribution is 6.33. The van der Waals surface area contributed by atoms with Gasteiger partial charge in [0.25, 0.3) is 5.91 Å². The summed E-state index contributed by atoms with van der Waals surface area (Å²) in [6, 6.07) is 6.43. The minimum atomic E-state index is -1.20. The van der Waals surface area contributed by atoms with E-state index >= 15 is 0 Å². The van der Waals surface area contributed by atoms with E-state index in [-0.39, 0.29) is 17.0 Å². The van der Waals surface area contributed by atoms with Crippen molar-refractivity contribution in [3.8, 4) is 0 Å². The molecule has 0 aliphatic heterocycles. The molecule has 0 radical (unpaired) electrons. The Labute approximate surface area is 145 Å². The third kappa shape index (κ3) is 4.47. The minimum absolute atomic E-state index is 0.210. The summed E-state index contributed by atoms with van der Waals surface area (Å²) in [5.74, 6) is -2.31. The second-order valence-electron chi connectivity index (χ2n) is 6.14. The molecule has 1 fully saturated rings. The third-order valence-electron chi connectivity index (χ3n) is 4.43. The van der Waals surface area contributed by atoms with Crippen LogP contribution in [0.2, 0.25) is 5.02 Å². The van der Waals surface area contributed by atoms with Crippen molar-refractivity contribution in [1.29, 1.82) is 0 Å². The van der Waals surface area contributed by atoms with Crippen molar-refractivity contribution in [3.63, 3.8) is 0 Å². The lowest BCUT2D eigenvalue weighted by Crippen LogP contribution is -2.48. The first-order chi connectivity index (χ1) is 11.4. The van der Waals surface area contributed by atoms with Gasteiger partial charge >= 0.3 is 0 Å². The van der Waals surface area contributed by atoms with Gasteiger partial charge in [-0.25, -0.2) is 0 Å². The van der Waals surface area contributed by atoms with Gasteiger partial charge in [0.2, 0.25) is 5.91 Å². The number of hydrazine groups is 1. The molecule has 0 saturated heterocycles. The summed E-state index contributed by atoms with van der Waals surface area (Å²) in [5.41, 5.74) is 3.60. The molecule has 1 aliphatic carbocycles. The number of benzene rings is 1. The Kier molecular flexibility index (Phi) is 6.20. The van der Waals surface area contributed by atoms with E-state index in [1.54, 1.807) is 18.2 Å². The average Bonchev–Trinajstić information content (AvgIpc) is 2.79. The molecule has 7 heteroatoms. The predicted molar refractivity (Wildman–Crippen MR) is 86.8 cm³/mol. The zero-order chi connectivity index (χ0) is 17.6. The van der Waals surface area contributed by atoms with Crippen molar-refractivity contribution in [2.45, 2.75) is 44.9 Å². The second-order valence-corrected chi connectivity index (χ2v) is 6.55. The van der Waals surface area contributed by atoms with Crippen molar-refractivity contribution < 1.29 is 19.5 Å². The van der Waals surface area contributed by atoms with Gasteiger partial charge in [-0.2, -0.15) is 0 Å². The predicted octanol–water partition coefficient (Wildman–Crippen LogP) is 1.58.